The van der Waals surface area contributed by atoms with Crippen LogP contribution in [0.1, 0.15) is 72.1 Å². The van der Waals surface area contributed by atoms with Crippen molar-refractivity contribution < 1.29 is 19.8 Å². The van der Waals surface area contributed by atoms with E-state index in [0.717, 1.165) is 10.5 Å². The van der Waals surface area contributed by atoms with E-state index in [2.05, 4.69) is 38.5 Å². The fourth-order valence-corrected chi connectivity index (χ4v) is 1.71. The number of rotatable bonds is 10. The van der Waals surface area contributed by atoms with Gasteiger partial charge in [-0.2, -0.15) is 0 Å². The van der Waals surface area contributed by atoms with E-state index in [0.29, 0.717) is 0 Å². The van der Waals surface area contributed by atoms with Gasteiger partial charge in [-0.15, -0.1) is 0 Å². The Morgan fingerprint density at radius 3 is 1.71 bits per heavy atom. The molecule has 1 atom stereocenters. The molecule has 0 aliphatic rings. The summed E-state index contributed by atoms with van der Waals surface area (Å²) in [6, 6.07) is 0. The molecule has 0 aliphatic heterocycles. The molecule has 2 N–H and O–H groups in total. The zero-order valence-electron chi connectivity index (χ0n) is 13.5. The third-order valence-electron chi connectivity index (χ3n) is 3.45. The zero-order valence-corrected chi connectivity index (χ0v) is 13.5. The molecular formula is C15H30KLiO4. The van der Waals surface area contributed by atoms with Gasteiger partial charge >= 0.3 is 157 Å². The fraction of sp³-hybridized carbons (Fsp3) is 0.867. The minimum atomic E-state index is -1.31. The molecule has 4 nitrogen and oxygen atoms in total. The summed E-state index contributed by atoms with van der Waals surface area (Å²) in [5.74, 6) is -1.75. The van der Waals surface area contributed by atoms with E-state index in [9.17, 15) is 9.59 Å². The van der Waals surface area contributed by atoms with E-state index in [4.69, 9.17) is 10.2 Å². The molecule has 0 saturated heterocycles. The molecule has 21 heavy (non-hydrogen) atoms. The molecule has 0 amide bonds. The summed E-state index contributed by atoms with van der Waals surface area (Å²) < 4.78 is 0.922. The average Bonchev–Trinajstić information content (AvgIpc) is 2.32. The molecule has 0 spiro atoms. The Labute approximate surface area is 181 Å². The van der Waals surface area contributed by atoms with Crippen LogP contribution < -0.4 is 0 Å². The van der Waals surface area contributed by atoms with E-state index >= 15 is 0 Å². The average molecular weight is 320 g/mol. The van der Waals surface area contributed by atoms with Gasteiger partial charge in [-0.1, -0.05) is 0 Å². The van der Waals surface area contributed by atoms with Gasteiger partial charge in [0.15, 0.2) is 0 Å². The van der Waals surface area contributed by atoms with Crippen molar-refractivity contribution in [1.29, 1.82) is 0 Å². The molecule has 0 heterocycles. The second-order valence-corrected chi connectivity index (χ2v) is 5.74. The monoisotopic (exact) mass is 320 g/mol. The van der Waals surface area contributed by atoms with Crippen molar-refractivity contribution in [2.75, 3.05) is 0 Å². The van der Waals surface area contributed by atoms with E-state index < -0.39 is 18.4 Å². The second kappa shape index (κ2) is 19.2. The van der Waals surface area contributed by atoms with Crippen LogP contribution in [0, 0.1) is 5.92 Å². The maximum absolute atomic E-state index is 9.43. The van der Waals surface area contributed by atoms with Crippen molar-refractivity contribution in [1.82, 2.24) is 0 Å². The Kier molecular flexibility index (Phi) is 24.8. The van der Waals surface area contributed by atoms with Crippen LogP contribution in [0.2, 0.25) is 4.59 Å². The van der Waals surface area contributed by atoms with Crippen molar-refractivity contribution in [2.45, 2.75) is 76.7 Å². The standard InChI is InChI=1S/C12H25.C3H4O4.K.Li.H/c1-4-5-6-7-8-9-10-11-12(2)3;4-2(5)1-3(6)7;;;/h11-12H,4-10H2,1-3H3;1H2,(H,4,5)(H,6,7);;;. The Balaban J connectivity index is -0.000000347. The van der Waals surface area contributed by atoms with Gasteiger partial charge in [0, 0.05) is 0 Å². The zero-order chi connectivity index (χ0) is 16.0. The van der Waals surface area contributed by atoms with Crippen LogP contribution in [0.25, 0.3) is 0 Å². The summed E-state index contributed by atoms with van der Waals surface area (Å²) in [6.07, 6.45) is 9.23. The van der Waals surface area contributed by atoms with Gasteiger partial charge in [0.1, 0.15) is 6.42 Å². The Hall–Kier alpha value is 1.17. The van der Waals surface area contributed by atoms with Gasteiger partial charge in [-0.05, 0) is 0 Å². The maximum atomic E-state index is 9.43. The van der Waals surface area contributed by atoms with Crippen molar-refractivity contribution in [2.24, 2.45) is 5.92 Å². The Bertz CT molecular complexity index is 248. The summed E-state index contributed by atoms with van der Waals surface area (Å²) in [6.45, 7) is 6.95. The van der Waals surface area contributed by atoms with Gasteiger partial charge in [0.2, 0.25) is 0 Å². The fourth-order valence-electron chi connectivity index (χ4n) is 1.71. The molecule has 0 aromatic heterocycles. The molecule has 1 unspecified atom stereocenters. The summed E-state index contributed by atoms with van der Waals surface area (Å²) in [5.41, 5.74) is 0. The number of hydrogen-bond acceptors (Lipinski definition) is 2. The SMILES string of the molecule is O=C(O)CC(=O)O.[KH].[Li][CH](CCCCCCCC)C(C)C. The number of carboxylic acid groups (broad SMARTS) is 2. The molecule has 0 saturated carbocycles. The molecule has 0 radical (unpaired) electrons. The van der Waals surface area contributed by atoms with Crippen molar-refractivity contribution in [3.8, 4) is 0 Å². The second-order valence-electron chi connectivity index (χ2n) is 5.74. The van der Waals surface area contributed by atoms with Crippen molar-refractivity contribution in [3.63, 3.8) is 0 Å². The van der Waals surface area contributed by atoms with E-state index in [1.165, 1.54) is 44.9 Å². The van der Waals surface area contributed by atoms with Crippen molar-refractivity contribution in [3.05, 3.63) is 0 Å². The molecule has 0 bridgehead atoms. The third kappa shape index (κ3) is 26.4. The summed E-state index contributed by atoms with van der Waals surface area (Å²) in [7, 11) is 0. The van der Waals surface area contributed by atoms with Crippen LogP contribution in [0.5, 0.6) is 0 Å². The van der Waals surface area contributed by atoms with E-state index in [-0.39, 0.29) is 51.4 Å². The third-order valence-corrected chi connectivity index (χ3v) is 3.45. The van der Waals surface area contributed by atoms with E-state index in [1.54, 1.807) is 0 Å². The Morgan fingerprint density at radius 1 is 0.952 bits per heavy atom. The predicted molar refractivity (Wildman–Crippen MR) is 89.4 cm³/mol. The van der Waals surface area contributed by atoms with Gasteiger partial charge in [0.25, 0.3) is 0 Å². The van der Waals surface area contributed by atoms with Crippen LogP contribution >= 0.6 is 0 Å². The quantitative estimate of drug-likeness (QED) is 0.368. The first kappa shape index (κ1) is 27.0. The number of carbonyl (C=O) groups is 2. The topological polar surface area (TPSA) is 74.6 Å². The van der Waals surface area contributed by atoms with Crippen LogP contribution in [0.4, 0.5) is 0 Å². The van der Waals surface area contributed by atoms with Gasteiger partial charge in [-0.3, -0.25) is 9.59 Å². The van der Waals surface area contributed by atoms with Crippen LogP contribution in [0.15, 0.2) is 0 Å². The van der Waals surface area contributed by atoms with Crippen LogP contribution in [0.3, 0.4) is 0 Å². The molecule has 0 rings (SSSR count). The molecular weight excluding hydrogens is 290 g/mol. The molecule has 116 valence electrons. The summed E-state index contributed by atoms with van der Waals surface area (Å²) >= 11 is 2.39. The molecule has 0 aromatic carbocycles. The molecule has 0 aliphatic carbocycles. The normalized spacial score (nSPS) is 11.1. The first-order valence-corrected chi connectivity index (χ1v) is 7.74. The van der Waals surface area contributed by atoms with Crippen LogP contribution in [-0.2, 0) is 9.59 Å². The first-order chi connectivity index (χ1) is 9.31. The van der Waals surface area contributed by atoms with Gasteiger partial charge in [-0.25, -0.2) is 0 Å². The molecule has 0 aromatic rings. The first-order valence-electron chi connectivity index (χ1n) is 7.74. The number of carboxylic acids is 2. The van der Waals surface area contributed by atoms with Gasteiger partial charge < -0.3 is 10.2 Å². The molecule has 0 fully saturated rings. The minimum absolute atomic E-state index is 0. The van der Waals surface area contributed by atoms with Crippen molar-refractivity contribution >= 4 is 81.0 Å². The van der Waals surface area contributed by atoms with Crippen LogP contribution in [-0.4, -0.2) is 91.3 Å². The summed E-state index contributed by atoms with van der Waals surface area (Å²) in [4.78, 5) is 18.9. The Morgan fingerprint density at radius 2 is 1.38 bits per heavy atom. The van der Waals surface area contributed by atoms with E-state index in [1.807, 2.05) is 0 Å². The number of aliphatic carboxylic acids is 2. The van der Waals surface area contributed by atoms with Gasteiger partial charge in [0.05, 0.1) is 0 Å². The summed E-state index contributed by atoms with van der Waals surface area (Å²) in [5, 5.41) is 15.4. The predicted octanol–water partition coefficient (Wildman–Crippen LogP) is 3.25. The number of unbranched alkanes of at least 4 members (excludes halogenated alkanes) is 5. The molecule has 6 heteroatoms. The number of hydrogen-bond donors (Lipinski definition) is 2.